The number of amides is 3. The summed E-state index contributed by atoms with van der Waals surface area (Å²) in [4.78, 5) is 40.6. The molecule has 0 radical (unpaired) electrons. The summed E-state index contributed by atoms with van der Waals surface area (Å²) in [5.74, 6) is -0.961. The number of hydrogen-bond donors (Lipinski definition) is 3. The monoisotopic (exact) mass is 433 g/mol. The average molecular weight is 434 g/mol. The molecule has 0 aliphatic carbocycles. The zero-order valence-electron chi connectivity index (χ0n) is 16.1. The van der Waals surface area contributed by atoms with Crippen molar-refractivity contribution < 1.29 is 14.4 Å². The quantitative estimate of drug-likeness (QED) is 0.555. The maximum atomic E-state index is 12.6. The molecule has 3 amide bonds. The lowest BCUT2D eigenvalue weighted by Crippen LogP contribution is -2.34. The number of rotatable bonds is 8. The molecule has 1 fully saturated rings. The molecule has 1 saturated heterocycles. The summed E-state index contributed by atoms with van der Waals surface area (Å²) in [6, 6.07) is 6.80. The van der Waals surface area contributed by atoms with Gasteiger partial charge in [0.2, 0.25) is 11.8 Å². The van der Waals surface area contributed by atoms with Crippen molar-refractivity contribution in [3.05, 3.63) is 29.8 Å². The summed E-state index contributed by atoms with van der Waals surface area (Å²) in [5.41, 5.74) is 6.22. The number of carbonyl (C=O) groups excluding carboxylic acids is 3. The summed E-state index contributed by atoms with van der Waals surface area (Å²) in [5, 5.41) is 5.49. The summed E-state index contributed by atoms with van der Waals surface area (Å²) in [6.45, 7) is 2.46. The molecule has 0 spiro atoms. The highest BCUT2D eigenvalue weighted by Crippen LogP contribution is 2.21. The first kappa shape index (κ1) is 26.1. The van der Waals surface area contributed by atoms with Gasteiger partial charge in [0.05, 0.1) is 17.2 Å². The molecule has 10 heteroatoms. The lowest BCUT2D eigenvalue weighted by molar-refractivity contribution is -0.128. The van der Waals surface area contributed by atoms with E-state index < -0.39 is 5.92 Å². The zero-order valence-corrected chi connectivity index (χ0v) is 17.8. The van der Waals surface area contributed by atoms with E-state index in [-0.39, 0.29) is 49.0 Å². The Morgan fingerprint density at radius 1 is 1.25 bits per heavy atom. The number of nitrogens with two attached hydrogens (primary N) is 1. The Hall–Kier alpha value is -1.87. The fourth-order valence-electron chi connectivity index (χ4n) is 2.79. The molecule has 158 valence electrons. The van der Waals surface area contributed by atoms with Crippen molar-refractivity contribution in [2.24, 2.45) is 11.7 Å². The number of likely N-dealkylation sites (tertiary alicyclic amines) is 1. The first-order chi connectivity index (χ1) is 12.4. The first-order valence-corrected chi connectivity index (χ1v) is 8.73. The van der Waals surface area contributed by atoms with Gasteiger partial charge in [0.15, 0.2) is 0 Å². The number of nitrogens with zero attached hydrogens (tertiary/aromatic N) is 2. The molecule has 1 aromatic carbocycles. The van der Waals surface area contributed by atoms with Crippen LogP contribution in [0.5, 0.6) is 0 Å². The third-order valence-electron chi connectivity index (χ3n) is 4.26. The number of hydrogen-bond acceptors (Lipinski definition) is 5. The fraction of sp³-hybridized carbons (Fsp3) is 0.500. The second-order valence-corrected chi connectivity index (χ2v) is 6.62. The van der Waals surface area contributed by atoms with E-state index in [0.717, 1.165) is 6.54 Å². The van der Waals surface area contributed by atoms with Crippen LogP contribution in [0.4, 0.5) is 5.69 Å². The van der Waals surface area contributed by atoms with E-state index in [4.69, 9.17) is 5.73 Å². The van der Waals surface area contributed by atoms with Crippen molar-refractivity contribution in [1.29, 1.82) is 0 Å². The number of nitrogens with one attached hydrogen (secondary N) is 2. The Bertz CT molecular complexity index is 672. The Morgan fingerprint density at radius 2 is 1.93 bits per heavy atom. The normalized spacial score (nSPS) is 15.6. The predicted molar refractivity (Wildman–Crippen MR) is 114 cm³/mol. The summed E-state index contributed by atoms with van der Waals surface area (Å²) in [6.07, 6.45) is 0.195. The fourth-order valence-corrected chi connectivity index (χ4v) is 2.79. The minimum Gasteiger partial charge on any atom is -0.351 e. The molecule has 28 heavy (non-hydrogen) atoms. The molecule has 1 aromatic rings. The molecular formula is C18H29Cl2N5O3. The summed E-state index contributed by atoms with van der Waals surface area (Å²) < 4.78 is 0. The van der Waals surface area contributed by atoms with E-state index in [0.29, 0.717) is 37.4 Å². The highest BCUT2D eigenvalue weighted by Gasteiger charge is 2.34. The van der Waals surface area contributed by atoms with Gasteiger partial charge in [0.25, 0.3) is 5.91 Å². The zero-order chi connectivity index (χ0) is 19.1. The van der Waals surface area contributed by atoms with Crippen LogP contribution in [0.1, 0.15) is 16.8 Å². The van der Waals surface area contributed by atoms with Gasteiger partial charge < -0.3 is 26.2 Å². The van der Waals surface area contributed by atoms with Gasteiger partial charge in [-0.25, -0.2) is 0 Å². The van der Waals surface area contributed by atoms with Gasteiger partial charge in [0.1, 0.15) is 0 Å². The van der Waals surface area contributed by atoms with Gasteiger partial charge >= 0.3 is 0 Å². The third-order valence-corrected chi connectivity index (χ3v) is 4.26. The maximum absolute atomic E-state index is 12.6. The molecule has 1 unspecified atom stereocenters. The standard InChI is InChI=1S/C18H27N5O3.2ClH/c1-22(2)9-10-23-12-13(11-16(23)24)17(25)21-15-6-4-3-5-14(15)18(26)20-8-7-19;;/h3-6,13H,7-12,19H2,1-2H3,(H,20,26)(H,21,25);2*1H. The van der Waals surface area contributed by atoms with E-state index in [1.165, 1.54) is 0 Å². The molecule has 8 nitrogen and oxygen atoms in total. The molecule has 2 rings (SSSR count). The van der Waals surface area contributed by atoms with Crippen LogP contribution in [-0.2, 0) is 9.59 Å². The van der Waals surface area contributed by atoms with Gasteiger partial charge in [0, 0.05) is 39.1 Å². The predicted octanol–water partition coefficient (Wildman–Crippen LogP) is 0.567. The summed E-state index contributed by atoms with van der Waals surface area (Å²) in [7, 11) is 3.88. The smallest absolute Gasteiger partial charge is 0.253 e. The maximum Gasteiger partial charge on any atom is 0.253 e. The number of carbonyl (C=O) groups is 3. The Labute approximate surface area is 178 Å². The number of halogens is 2. The van der Waals surface area contributed by atoms with E-state index >= 15 is 0 Å². The van der Waals surface area contributed by atoms with Gasteiger partial charge in [-0.2, -0.15) is 0 Å². The van der Waals surface area contributed by atoms with Crippen molar-refractivity contribution >= 4 is 48.2 Å². The van der Waals surface area contributed by atoms with E-state index in [9.17, 15) is 14.4 Å². The topological polar surface area (TPSA) is 108 Å². The van der Waals surface area contributed by atoms with Crippen molar-refractivity contribution in [2.75, 3.05) is 52.1 Å². The molecule has 1 aliphatic heterocycles. The van der Waals surface area contributed by atoms with Crippen LogP contribution < -0.4 is 16.4 Å². The van der Waals surface area contributed by atoms with E-state index in [1.807, 2.05) is 19.0 Å². The van der Waals surface area contributed by atoms with Crippen LogP contribution >= 0.6 is 24.8 Å². The largest absolute Gasteiger partial charge is 0.351 e. The SMILES string of the molecule is CN(C)CCN1CC(C(=O)Nc2ccccc2C(=O)NCCN)CC1=O.Cl.Cl. The van der Waals surface area contributed by atoms with Crippen LogP contribution in [0, 0.1) is 5.92 Å². The molecule has 1 heterocycles. The molecule has 0 saturated carbocycles. The second-order valence-electron chi connectivity index (χ2n) is 6.62. The third kappa shape index (κ3) is 7.27. The number of benzene rings is 1. The van der Waals surface area contributed by atoms with Gasteiger partial charge in [-0.1, -0.05) is 12.1 Å². The molecule has 1 atom stereocenters. The molecule has 1 aliphatic rings. The van der Waals surface area contributed by atoms with Crippen LogP contribution in [0.3, 0.4) is 0 Å². The van der Waals surface area contributed by atoms with Crippen LogP contribution in [0.2, 0.25) is 0 Å². The highest BCUT2D eigenvalue weighted by atomic mass is 35.5. The first-order valence-electron chi connectivity index (χ1n) is 8.73. The Balaban J connectivity index is 0.00000364. The van der Waals surface area contributed by atoms with Crippen LogP contribution in [-0.4, -0.2) is 74.3 Å². The van der Waals surface area contributed by atoms with Crippen molar-refractivity contribution in [3.8, 4) is 0 Å². The molecule has 0 aromatic heterocycles. The average Bonchev–Trinajstić information content (AvgIpc) is 2.99. The number of likely N-dealkylation sites (N-methyl/N-ethyl adjacent to an activating group) is 1. The van der Waals surface area contributed by atoms with Gasteiger partial charge in [-0.05, 0) is 26.2 Å². The minimum absolute atomic E-state index is 0. The minimum atomic E-state index is -0.412. The number of anilines is 1. The van der Waals surface area contributed by atoms with Crippen molar-refractivity contribution in [3.63, 3.8) is 0 Å². The van der Waals surface area contributed by atoms with E-state index in [1.54, 1.807) is 29.2 Å². The van der Waals surface area contributed by atoms with Crippen molar-refractivity contribution in [1.82, 2.24) is 15.1 Å². The van der Waals surface area contributed by atoms with E-state index in [2.05, 4.69) is 10.6 Å². The second kappa shape index (κ2) is 12.6. The van der Waals surface area contributed by atoms with Crippen molar-refractivity contribution in [2.45, 2.75) is 6.42 Å². The number of para-hydroxylation sites is 1. The molecular weight excluding hydrogens is 405 g/mol. The van der Waals surface area contributed by atoms with Crippen LogP contribution in [0.15, 0.2) is 24.3 Å². The van der Waals surface area contributed by atoms with Gasteiger partial charge in [-0.3, -0.25) is 14.4 Å². The molecule has 4 N–H and O–H groups in total. The lowest BCUT2D eigenvalue weighted by Gasteiger charge is -2.19. The van der Waals surface area contributed by atoms with Gasteiger partial charge in [-0.15, -0.1) is 24.8 Å². The highest BCUT2D eigenvalue weighted by molar-refractivity contribution is 6.05. The lowest BCUT2D eigenvalue weighted by atomic mass is 10.1. The Morgan fingerprint density at radius 3 is 2.57 bits per heavy atom. The molecule has 0 bridgehead atoms. The summed E-state index contributed by atoms with van der Waals surface area (Å²) >= 11 is 0. The Kier molecular flexibility index (Phi) is 11.7. The van der Waals surface area contributed by atoms with Crippen LogP contribution in [0.25, 0.3) is 0 Å².